The molecule has 0 aliphatic carbocycles. The summed E-state index contributed by atoms with van der Waals surface area (Å²) >= 11 is 0. The number of aryl methyl sites for hydroxylation is 1. The Kier molecular flexibility index (Phi) is 1.56. The zero-order chi connectivity index (χ0) is 9.42. The van der Waals surface area contributed by atoms with Crippen LogP contribution in [-0.4, -0.2) is 5.91 Å². The number of fused-ring (bicyclic) bond motifs is 1. The zero-order valence-electron chi connectivity index (χ0n) is 7.16. The van der Waals surface area contributed by atoms with E-state index in [1.165, 1.54) is 0 Å². The highest BCUT2D eigenvalue weighted by atomic mass is 16.2. The van der Waals surface area contributed by atoms with E-state index in [4.69, 9.17) is 5.26 Å². The second-order valence-electron chi connectivity index (χ2n) is 3.14. The van der Waals surface area contributed by atoms with Gasteiger partial charge in [-0.05, 0) is 18.6 Å². The molecule has 1 aromatic carbocycles. The Hall–Kier alpha value is -1.82. The minimum atomic E-state index is -0.629. The summed E-state index contributed by atoms with van der Waals surface area (Å²) in [6.45, 7) is 1.95. The molecule has 2 rings (SSSR count). The lowest BCUT2D eigenvalue weighted by atomic mass is 10.0. The molecule has 0 bridgehead atoms. The van der Waals surface area contributed by atoms with Crippen LogP contribution >= 0.6 is 0 Å². The van der Waals surface area contributed by atoms with Gasteiger partial charge in [-0.3, -0.25) is 4.79 Å². The zero-order valence-corrected chi connectivity index (χ0v) is 7.16. The van der Waals surface area contributed by atoms with Crippen LogP contribution in [0, 0.1) is 18.3 Å². The van der Waals surface area contributed by atoms with Crippen LogP contribution in [0.5, 0.6) is 0 Å². The van der Waals surface area contributed by atoms with Crippen LogP contribution in [0.25, 0.3) is 0 Å². The van der Waals surface area contributed by atoms with E-state index in [1.54, 1.807) is 0 Å². The summed E-state index contributed by atoms with van der Waals surface area (Å²) in [4.78, 5) is 11.2. The Balaban J connectivity index is 2.56. The van der Waals surface area contributed by atoms with E-state index in [0.29, 0.717) is 0 Å². The third-order valence-electron chi connectivity index (χ3n) is 2.17. The molecule has 0 fully saturated rings. The van der Waals surface area contributed by atoms with Crippen molar-refractivity contribution in [1.29, 1.82) is 5.26 Å². The molecule has 3 nitrogen and oxygen atoms in total. The van der Waals surface area contributed by atoms with E-state index < -0.39 is 5.92 Å². The SMILES string of the molecule is Cc1ccc2c(c1)NC(=O)C2C#N. The lowest BCUT2D eigenvalue weighted by Gasteiger charge is -1.99. The molecule has 1 atom stereocenters. The van der Waals surface area contributed by atoms with Crippen molar-refractivity contribution in [2.45, 2.75) is 12.8 Å². The number of rotatable bonds is 0. The quantitative estimate of drug-likeness (QED) is 0.645. The summed E-state index contributed by atoms with van der Waals surface area (Å²) in [5.41, 5.74) is 2.65. The summed E-state index contributed by atoms with van der Waals surface area (Å²) in [6.07, 6.45) is 0. The number of hydrogen-bond donors (Lipinski definition) is 1. The highest BCUT2D eigenvalue weighted by molar-refractivity contribution is 6.04. The lowest BCUT2D eigenvalue weighted by Crippen LogP contribution is -2.09. The monoisotopic (exact) mass is 172 g/mol. The van der Waals surface area contributed by atoms with E-state index >= 15 is 0 Å². The van der Waals surface area contributed by atoms with Crippen LogP contribution in [0.1, 0.15) is 17.0 Å². The minimum absolute atomic E-state index is 0.219. The number of nitrogens with one attached hydrogen (secondary N) is 1. The molecule has 13 heavy (non-hydrogen) atoms. The van der Waals surface area contributed by atoms with Gasteiger partial charge >= 0.3 is 0 Å². The standard InChI is InChI=1S/C10H8N2O/c1-6-2-3-7-8(5-11)10(13)12-9(7)4-6/h2-4,8H,1H3,(H,12,13). The van der Waals surface area contributed by atoms with Crippen molar-refractivity contribution in [2.24, 2.45) is 0 Å². The fraction of sp³-hybridized carbons (Fsp3) is 0.200. The number of nitrogens with zero attached hydrogens (tertiary/aromatic N) is 1. The number of amides is 1. The van der Waals surface area contributed by atoms with Crippen LogP contribution in [0.15, 0.2) is 18.2 Å². The fourth-order valence-electron chi connectivity index (χ4n) is 1.50. The van der Waals surface area contributed by atoms with Gasteiger partial charge in [0.2, 0.25) is 5.91 Å². The lowest BCUT2D eigenvalue weighted by molar-refractivity contribution is -0.115. The van der Waals surface area contributed by atoms with E-state index in [9.17, 15) is 4.79 Å². The van der Waals surface area contributed by atoms with Crippen molar-refractivity contribution in [3.8, 4) is 6.07 Å². The number of benzene rings is 1. The summed E-state index contributed by atoms with van der Waals surface area (Å²) in [5.74, 6) is -0.848. The molecule has 1 amide bonds. The number of anilines is 1. The third kappa shape index (κ3) is 1.07. The summed E-state index contributed by atoms with van der Waals surface area (Å²) in [7, 11) is 0. The molecule has 0 aromatic heterocycles. The Labute approximate surface area is 76.0 Å². The first-order valence-corrected chi connectivity index (χ1v) is 4.03. The van der Waals surface area contributed by atoms with Gasteiger partial charge in [0.05, 0.1) is 6.07 Å². The average Bonchev–Trinajstić information content (AvgIpc) is 2.39. The number of nitriles is 1. The van der Waals surface area contributed by atoms with E-state index in [2.05, 4.69) is 5.32 Å². The molecule has 1 aliphatic rings. The van der Waals surface area contributed by atoms with Gasteiger partial charge in [0.25, 0.3) is 0 Å². The summed E-state index contributed by atoms with van der Waals surface area (Å²) < 4.78 is 0. The number of hydrogen-bond acceptors (Lipinski definition) is 2. The predicted octanol–water partition coefficient (Wildman–Crippen LogP) is 1.55. The Bertz CT molecular complexity index is 417. The minimum Gasteiger partial charge on any atom is -0.324 e. The fourth-order valence-corrected chi connectivity index (χ4v) is 1.50. The van der Waals surface area contributed by atoms with E-state index in [0.717, 1.165) is 16.8 Å². The van der Waals surface area contributed by atoms with Crippen molar-refractivity contribution in [2.75, 3.05) is 5.32 Å². The first kappa shape index (κ1) is 7.81. The highest BCUT2D eigenvalue weighted by Crippen LogP contribution is 2.32. The molecule has 1 unspecified atom stereocenters. The van der Waals surface area contributed by atoms with E-state index in [1.807, 2.05) is 31.2 Å². The van der Waals surface area contributed by atoms with Crippen LogP contribution < -0.4 is 5.32 Å². The molecule has 0 spiro atoms. The molecule has 64 valence electrons. The van der Waals surface area contributed by atoms with E-state index in [-0.39, 0.29) is 5.91 Å². The second kappa shape index (κ2) is 2.60. The van der Waals surface area contributed by atoms with Gasteiger partial charge in [0, 0.05) is 11.3 Å². The molecule has 1 aliphatic heterocycles. The molecule has 1 aromatic rings. The van der Waals surface area contributed by atoms with Crippen molar-refractivity contribution >= 4 is 11.6 Å². The average molecular weight is 172 g/mol. The van der Waals surface area contributed by atoms with Crippen LogP contribution in [0.2, 0.25) is 0 Å². The Morgan fingerprint density at radius 1 is 1.54 bits per heavy atom. The number of carbonyl (C=O) groups is 1. The van der Waals surface area contributed by atoms with Gasteiger partial charge in [0.1, 0.15) is 0 Å². The van der Waals surface area contributed by atoms with Gasteiger partial charge in [-0.15, -0.1) is 0 Å². The van der Waals surface area contributed by atoms with Gasteiger partial charge in [-0.2, -0.15) is 5.26 Å². The first-order valence-electron chi connectivity index (χ1n) is 4.03. The molecule has 0 radical (unpaired) electrons. The molecular weight excluding hydrogens is 164 g/mol. The highest BCUT2D eigenvalue weighted by Gasteiger charge is 2.29. The van der Waals surface area contributed by atoms with Crippen molar-refractivity contribution in [3.63, 3.8) is 0 Å². The smallest absolute Gasteiger partial charge is 0.246 e. The first-order chi connectivity index (χ1) is 6.22. The number of carbonyl (C=O) groups excluding carboxylic acids is 1. The largest absolute Gasteiger partial charge is 0.324 e. The van der Waals surface area contributed by atoms with Crippen LogP contribution in [0.3, 0.4) is 0 Å². The normalized spacial score (nSPS) is 19.1. The molecule has 1 N–H and O–H groups in total. The Morgan fingerprint density at radius 3 is 3.00 bits per heavy atom. The molecule has 3 heteroatoms. The molecular formula is C10H8N2O. The van der Waals surface area contributed by atoms with Crippen molar-refractivity contribution in [3.05, 3.63) is 29.3 Å². The van der Waals surface area contributed by atoms with Crippen LogP contribution in [-0.2, 0) is 4.79 Å². The van der Waals surface area contributed by atoms with Gasteiger partial charge in [-0.1, -0.05) is 12.1 Å². The second-order valence-corrected chi connectivity index (χ2v) is 3.14. The third-order valence-corrected chi connectivity index (χ3v) is 2.17. The summed E-state index contributed by atoms with van der Waals surface area (Å²) in [6, 6.07) is 7.59. The van der Waals surface area contributed by atoms with Crippen LogP contribution in [0.4, 0.5) is 5.69 Å². The van der Waals surface area contributed by atoms with Gasteiger partial charge < -0.3 is 5.32 Å². The van der Waals surface area contributed by atoms with Gasteiger partial charge in [0.15, 0.2) is 5.92 Å². The topological polar surface area (TPSA) is 52.9 Å². The maximum Gasteiger partial charge on any atom is 0.246 e. The molecule has 1 heterocycles. The van der Waals surface area contributed by atoms with Crippen molar-refractivity contribution < 1.29 is 4.79 Å². The Morgan fingerprint density at radius 2 is 2.31 bits per heavy atom. The molecule has 0 saturated carbocycles. The molecule has 0 saturated heterocycles. The maximum absolute atomic E-state index is 11.2. The van der Waals surface area contributed by atoms with Crippen molar-refractivity contribution in [1.82, 2.24) is 0 Å². The summed E-state index contributed by atoms with van der Waals surface area (Å²) in [5, 5.41) is 11.4. The maximum atomic E-state index is 11.2. The van der Waals surface area contributed by atoms with Gasteiger partial charge in [-0.25, -0.2) is 0 Å². The predicted molar refractivity (Wildman–Crippen MR) is 48.2 cm³/mol.